The van der Waals surface area contributed by atoms with Crippen molar-refractivity contribution in [1.82, 2.24) is 0 Å². The van der Waals surface area contributed by atoms with Crippen LogP contribution in [-0.4, -0.2) is 16.7 Å². The first-order valence-electron chi connectivity index (χ1n) is 10.0. The first kappa shape index (κ1) is 19.6. The number of non-ortho nitro benzene ring substituents is 1. The van der Waals surface area contributed by atoms with Gasteiger partial charge in [-0.1, -0.05) is 76.1 Å². The van der Waals surface area contributed by atoms with Crippen LogP contribution in [0.1, 0.15) is 28.2 Å². The molecule has 32 heavy (non-hydrogen) atoms. The van der Waals surface area contributed by atoms with Crippen LogP contribution in [0.5, 0.6) is 0 Å². The Morgan fingerprint density at radius 3 is 2.12 bits per heavy atom. The molecule has 0 saturated carbocycles. The van der Waals surface area contributed by atoms with Gasteiger partial charge in [-0.15, -0.1) is 0 Å². The molecule has 6 nitrogen and oxygen atoms in total. The summed E-state index contributed by atoms with van der Waals surface area (Å²) in [6.07, 6.45) is 0. The first-order valence-corrected chi connectivity index (χ1v) is 11.2. The molecule has 3 aliphatic carbocycles. The maximum Gasteiger partial charge on any atom is 0.271 e. The lowest BCUT2D eigenvalue weighted by molar-refractivity contribution is -0.384. The van der Waals surface area contributed by atoms with E-state index in [1.54, 1.807) is 0 Å². The molecule has 2 bridgehead atoms. The fraction of sp³-hybridized carbons (Fsp3) is 0.167. The molecule has 1 fully saturated rings. The first-order chi connectivity index (χ1) is 15.4. The van der Waals surface area contributed by atoms with Gasteiger partial charge in [-0.25, -0.2) is 4.90 Å². The normalized spacial score (nSPS) is 27.2. The molecule has 1 saturated heterocycles. The monoisotopic (exact) mass is 508 g/mol. The minimum atomic E-state index is -0.881. The van der Waals surface area contributed by atoms with Crippen molar-refractivity contribution in [3.63, 3.8) is 0 Å². The zero-order chi connectivity index (χ0) is 22.4. The van der Waals surface area contributed by atoms with E-state index in [4.69, 9.17) is 11.6 Å². The van der Waals surface area contributed by atoms with Crippen molar-refractivity contribution in [3.05, 3.63) is 104 Å². The minimum absolute atomic E-state index is 0.0499. The number of carbonyl (C=O) groups is 2. The molecule has 0 unspecified atom stereocenters. The van der Waals surface area contributed by atoms with Crippen molar-refractivity contribution >= 4 is 50.7 Å². The Labute approximate surface area is 196 Å². The van der Waals surface area contributed by atoms with Crippen LogP contribution >= 0.6 is 27.5 Å². The topological polar surface area (TPSA) is 80.5 Å². The largest absolute Gasteiger partial charge is 0.274 e. The molecule has 7 rings (SSSR count). The summed E-state index contributed by atoms with van der Waals surface area (Å²) in [6.45, 7) is 0. The molecule has 2 atom stereocenters. The number of nitrogens with zero attached hydrogens (tertiary/aromatic N) is 2. The number of carbonyl (C=O) groups excluding carboxylic acids is 2. The lowest BCUT2D eigenvalue weighted by Crippen LogP contribution is -2.50. The highest BCUT2D eigenvalue weighted by Crippen LogP contribution is 2.66. The van der Waals surface area contributed by atoms with Crippen molar-refractivity contribution in [3.8, 4) is 0 Å². The van der Waals surface area contributed by atoms with Crippen LogP contribution in [0.3, 0.4) is 0 Å². The number of benzene rings is 3. The van der Waals surface area contributed by atoms with Gasteiger partial charge in [-0.3, -0.25) is 19.7 Å². The Kier molecular flexibility index (Phi) is 3.99. The average Bonchev–Trinajstić information content (AvgIpc) is 3.06. The van der Waals surface area contributed by atoms with Crippen molar-refractivity contribution in [2.24, 2.45) is 11.8 Å². The van der Waals surface area contributed by atoms with Gasteiger partial charge in [-0.2, -0.15) is 0 Å². The van der Waals surface area contributed by atoms with E-state index >= 15 is 0 Å². The number of rotatable bonds is 2. The summed E-state index contributed by atoms with van der Waals surface area (Å²) in [7, 11) is 0. The molecule has 0 aromatic heterocycles. The maximum atomic E-state index is 13.8. The molecule has 1 heterocycles. The third kappa shape index (κ3) is 2.25. The Balaban J connectivity index is 1.60. The van der Waals surface area contributed by atoms with Gasteiger partial charge in [0, 0.05) is 18.1 Å². The smallest absolute Gasteiger partial charge is 0.271 e. The Bertz CT molecular complexity index is 1330. The number of nitro groups is 1. The van der Waals surface area contributed by atoms with Gasteiger partial charge >= 0.3 is 0 Å². The van der Waals surface area contributed by atoms with Crippen LogP contribution in [0.2, 0.25) is 5.02 Å². The number of halogens is 2. The lowest BCUT2D eigenvalue weighted by atomic mass is 9.55. The van der Waals surface area contributed by atoms with E-state index < -0.39 is 27.0 Å². The second-order valence-electron chi connectivity index (χ2n) is 8.27. The molecule has 2 amide bonds. The van der Waals surface area contributed by atoms with E-state index in [1.165, 1.54) is 18.2 Å². The van der Waals surface area contributed by atoms with E-state index in [-0.39, 0.29) is 28.2 Å². The standard InChI is InChI=1S/C24H14BrClN2O4/c25-24-15-7-3-1-5-13(15)19(14-6-2-4-8-16(14)24)20-21(24)23(30)27(22(20)29)18-11-12(28(31)32)9-10-17(18)26/h1-11,19-21H/t19?,20-,21-,24?/m0/s1. The predicted molar refractivity (Wildman–Crippen MR) is 122 cm³/mol. The molecule has 158 valence electrons. The van der Waals surface area contributed by atoms with Gasteiger partial charge in [0.05, 0.1) is 31.8 Å². The molecular weight excluding hydrogens is 496 g/mol. The van der Waals surface area contributed by atoms with E-state index in [9.17, 15) is 19.7 Å². The molecule has 3 aromatic carbocycles. The SMILES string of the molecule is O=C1[C@@H]2[C@@H](C(=O)N1c1cc([N+](=O)[O-])ccc1Cl)C1c3ccccc3C2(Br)c2ccccc21. The van der Waals surface area contributed by atoms with Gasteiger partial charge in [0.25, 0.3) is 5.69 Å². The number of hydrogen-bond donors (Lipinski definition) is 0. The lowest BCUT2D eigenvalue weighted by Gasteiger charge is -2.51. The Hall–Kier alpha value is -3.03. The van der Waals surface area contributed by atoms with Gasteiger partial charge < -0.3 is 0 Å². The van der Waals surface area contributed by atoms with Gasteiger partial charge in [-0.05, 0) is 28.3 Å². The van der Waals surface area contributed by atoms with Crippen LogP contribution in [0.25, 0.3) is 0 Å². The molecule has 3 aromatic rings. The molecule has 8 heteroatoms. The highest BCUT2D eigenvalue weighted by molar-refractivity contribution is 9.09. The van der Waals surface area contributed by atoms with Gasteiger partial charge in [0.1, 0.15) is 0 Å². The average molecular weight is 510 g/mol. The third-order valence-corrected chi connectivity index (χ3v) is 8.56. The van der Waals surface area contributed by atoms with Crippen LogP contribution in [0.15, 0.2) is 66.7 Å². The number of hydrogen-bond acceptors (Lipinski definition) is 4. The molecule has 1 aliphatic heterocycles. The molecule has 0 radical (unpaired) electrons. The summed E-state index contributed by atoms with van der Waals surface area (Å²) in [5, 5.41) is 11.4. The Morgan fingerprint density at radius 1 is 0.938 bits per heavy atom. The van der Waals surface area contributed by atoms with Crippen LogP contribution in [0.4, 0.5) is 11.4 Å². The fourth-order valence-electron chi connectivity index (χ4n) is 5.70. The Morgan fingerprint density at radius 2 is 1.53 bits per heavy atom. The van der Waals surface area contributed by atoms with E-state index in [0.717, 1.165) is 27.2 Å². The summed E-state index contributed by atoms with van der Waals surface area (Å²) in [5.74, 6) is -2.42. The zero-order valence-corrected chi connectivity index (χ0v) is 18.7. The summed E-state index contributed by atoms with van der Waals surface area (Å²) < 4.78 is -0.881. The maximum absolute atomic E-state index is 13.8. The predicted octanol–water partition coefficient (Wildman–Crippen LogP) is 5.15. The second kappa shape index (κ2) is 6.49. The quantitative estimate of drug-likeness (QED) is 0.207. The number of imide groups is 1. The van der Waals surface area contributed by atoms with E-state index in [1.807, 2.05) is 48.5 Å². The molecule has 0 N–H and O–H groups in total. The summed E-state index contributed by atoms with van der Waals surface area (Å²) in [4.78, 5) is 39.4. The van der Waals surface area contributed by atoms with Gasteiger partial charge in [0.15, 0.2) is 0 Å². The zero-order valence-electron chi connectivity index (χ0n) is 16.4. The van der Waals surface area contributed by atoms with E-state index in [0.29, 0.717) is 0 Å². The van der Waals surface area contributed by atoms with Crippen LogP contribution < -0.4 is 4.90 Å². The van der Waals surface area contributed by atoms with Crippen LogP contribution in [0, 0.1) is 22.0 Å². The summed E-state index contributed by atoms with van der Waals surface area (Å²) in [6, 6.07) is 19.5. The number of amides is 2. The fourth-order valence-corrected chi connectivity index (χ4v) is 7.11. The van der Waals surface area contributed by atoms with Gasteiger partial charge in [0.2, 0.25) is 11.8 Å². The molecule has 4 aliphatic rings. The minimum Gasteiger partial charge on any atom is -0.274 e. The summed E-state index contributed by atoms with van der Waals surface area (Å²) >= 11 is 10.3. The second-order valence-corrected chi connectivity index (χ2v) is 9.93. The number of nitro benzene ring substituents is 1. The van der Waals surface area contributed by atoms with Crippen molar-refractivity contribution in [1.29, 1.82) is 0 Å². The third-order valence-electron chi connectivity index (χ3n) is 6.90. The van der Waals surface area contributed by atoms with E-state index in [2.05, 4.69) is 15.9 Å². The van der Waals surface area contributed by atoms with Crippen molar-refractivity contribution < 1.29 is 14.5 Å². The molecular formula is C24H14BrClN2O4. The number of anilines is 1. The van der Waals surface area contributed by atoms with Crippen LogP contribution in [-0.2, 0) is 13.9 Å². The van der Waals surface area contributed by atoms with Crippen molar-refractivity contribution in [2.45, 2.75) is 10.2 Å². The summed E-state index contributed by atoms with van der Waals surface area (Å²) in [5.41, 5.74) is 3.78. The highest BCUT2D eigenvalue weighted by atomic mass is 79.9. The van der Waals surface area contributed by atoms with Crippen molar-refractivity contribution in [2.75, 3.05) is 4.90 Å². The molecule has 0 spiro atoms. The highest BCUT2D eigenvalue weighted by Gasteiger charge is 2.67. The number of alkyl halides is 1.